The molecule has 0 fully saturated rings. The van der Waals surface area contributed by atoms with E-state index in [1.54, 1.807) is 17.1 Å². The highest BCUT2D eigenvalue weighted by Gasteiger charge is 2.24. The second-order valence-electron chi connectivity index (χ2n) is 6.67. The number of para-hydroxylation sites is 1. The second-order valence-corrected chi connectivity index (χ2v) is 6.67. The van der Waals surface area contributed by atoms with Crippen LogP contribution >= 0.6 is 0 Å². The number of rotatable bonds is 5. The van der Waals surface area contributed by atoms with Crippen LogP contribution in [-0.2, 0) is 37.7 Å². The molecule has 6 heteroatoms. The van der Waals surface area contributed by atoms with Gasteiger partial charge in [-0.25, -0.2) is 0 Å². The van der Waals surface area contributed by atoms with Crippen LogP contribution in [0.1, 0.15) is 32.9 Å². The molecule has 3 aromatic rings. The summed E-state index contributed by atoms with van der Waals surface area (Å²) in [6.07, 6.45) is 6.12. The lowest BCUT2D eigenvalue weighted by atomic mass is 10.0. The van der Waals surface area contributed by atoms with Crippen LogP contribution in [0.4, 0.5) is 5.69 Å². The molecule has 1 N–H and O–H groups in total. The van der Waals surface area contributed by atoms with Gasteiger partial charge in [0, 0.05) is 42.8 Å². The monoisotopic (exact) mass is 362 g/mol. The van der Waals surface area contributed by atoms with Crippen molar-refractivity contribution in [3.63, 3.8) is 0 Å². The summed E-state index contributed by atoms with van der Waals surface area (Å²) >= 11 is 0. The van der Waals surface area contributed by atoms with E-state index in [4.69, 9.17) is 4.74 Å². The van der Waals surface area contributed by atoms with E-state index in [1.165, 1.54) is 5.56 Å². The first kappa shape index (κ1) is 17.4. The van der Waals surface area contributed by atoms with Gasteiger partial charge in [-0.05, 0) is 42.2 Å². The third-order valence-corrected chi connectivity index (χ3v) is 4.92. The minimum Gasteiger partial charge on any atom is -0.376 e. The van der Waals surface area contributed by atoms with Crippen molar-refractivity contribution in [1.29, 1.82) is 0 Å². The normalized spacial score (nSPS) is 13.2. The highest BCUT2D eigenvalue weighted by Crippen LogP contribution is 2.23. The first-order valence-electron chi connectivity index (χ1n) is 9.13. The van der Waals surface area contributed by atoms with Crippen LogP contribution in [0.5, 0.6) is 0 Å². The highest BCUT2D eigenvalue weighted by molar-refractivity contribution is 6.04. The molecule has 2 aromatic heterocycles. The van der Waals surface area contributed by atoms with Gasteiger partial charge in [0.2, 0.25) is 0 Å². The second kappa shape index (κ2) is 7.72. The largest absolute Gasteiger partial charge is 0.376 e. The molecule has 0 saturated carbocycles. The molecule has 0 unspecified atom stereocenters. The number of aryl methyl sites for hydroxylation is 3. The van der Waals surface area contributed by atoms with Gasteiger partial charge in [-0.15, -0.1) is 0 Å². The van der Waals surface area contributed by atoms with Gasteiger partial charge in [0.1, 0.15) is 0 Å². The van der Waals surface area contributed by atoms with Crippen molar-refractivity contribution < 1.29 is 9.53 Å². The lowest BCUT2D eigenvalue weighted by Crippen LogP contribution is -2.18. The van der Waals surface area contributed by atoms with E-state index in [-0.39, 0.29) is 5.91 Å². The molecular formula is C21H22N4O2. The Labute approximate surface area is 158 Å². The Bertz CT molecular complexity index is 950. The molecule has 0 spiro atoms. The fourth-order valence-corrected chi connectivity index (χ4v) is 3.46. The molecule has 1 aromatic carbocycles. The summed E-state index contributed by atoms with van der Waals surface area (Å²) in [6.45, 7) is 1.11. The van der Waals surface area contributed by atoms with Crippen molar-refractivity contribution in [1.82, 2.24) is 14.8 Å². The molecule has 138 valence electrons. The standard InChI is InChI=1S/C21H22N4O2/c1-25-19-10-13-27-14-17(19)20(24-25)21(26)23-18-5-3-2-4-16(18)7-6-15-8-11-22-12-9-15/h2-5,8-9,11-12H,6-7,10,13-14H2,1H3,(H,23,26). The van der Waals surface area contributed by atoms with E-state index < -0.39 is 0 Å². The number of nitrogens with one attached hydrogen (secondary N) is 1. The average molecular weight is 362 g/mol. The van der Waals surface area contributed by atoms with E-state index in [0.29, 0.717) is 18.9 Å². The maximum Gasteiger partial charge on any atom is 0.276 e. The van der Waals surface area contributed by atoms with Crippen LogP contribution in [0.2, 0.25) is 0 Å². The number of ether oxygens (including phenoxy) is 1. The lowest BCUT2D eigenvalue weighted by Gasteiger charge is -2.14. The quantitative estimate of drug-likeness (QED) is 0.758. The number of amides is 1. The van der Waals surface area contributed by atoms with Crippen molar-refractivity contribution in [3.8, 4) is 0 Å². The maximum atomic E-state index is 12.9. The number of carbonyl (C=O) groups is 1. The summed E-state index contributed by atoms with van der Waals surface area (Å²) in [7, 11) is 1.88. The van der Waals surface area contributed by atoms with E-state index in [1.807, 2.05) is 43.4 Å². The first-order chi connectivity index (χ1) is 13.2. The Morgan fingerprint density at radius 2 is 2.00 bits per heavy atom. The Balaban J connectivity index is 1.52. The molecular weight excluding hydrogens is 340 g/mol. The van der Waals surface area contributed by atoms with Crippen molar-refractivity contribution in [2.45, 2.75) is 25.9 Å². The Morgan fingerprint density at radius 3 is 2.85 bits per heavy atom. The minimum absolute atomic E-state index is 0.186. The van der Waals surface area contributed by atoms with Crippen LogP contribution in [0.15, 0.2) is 48.8 Å². The molecule has 0 bridgehead atoms. The molecule has 0 radical (unpaired) electrons. The third-order valence-electron chi connectivity index (χ3n) is 4.92. The van der Waals surface area contributed by atoms with Crippen molar-refractivity contribution >= 4 is 11.6 Å². The van der Waals surface area contributed by atoms with Gasteiger partial charge in [-0.1, -0.05) is 18.2 Å². The smallest absolute Gasteiger partial charge is 0.276 e. The number of nitrogens with zero attached hydrogens (tertiary/aromatic N) is 3. The fourth-order valence-electron chi connectivity index (χ4n) is 3.46. The molecule has 1 aliphatic heterocycles. The number of fused-ring (bicyclic) bond motifs is 1. The van der Waals surface area contributed by atoms with Gasteiger partial charge >= 0.3 is 0 Å². The van der Waals surface area contributed by atoms with Gasteiger partial charge in [0.25, 0.3) is 5.91 Å². The summed E-state index contributed by atoms with van der Waals surface area (Å²) in [4.78, 5) is 16.9. The predicted molar refractivity (Wildman–Crippen MR) is 103 cm³/mol. The lowest BCUT2D eigenvalue weighted by molar-refractivity contribution is 0.0984. The highest BCUT2D eigenvalue weighted by atomic mass is 16.5. The summed E-state index contributed by atoms with van der Waals surface area (Å²) in [6, 6.07) is 11.9. The molecule has 1 aliphatic rings. The summed E-state index contributed by atoms with van der Waals surface area (Å²) in [5, 5.41) is 7.47. The van der Waals surface area contributed by atoms with Crippen molar-refractivity contribution in [3.05, 3.63) is 76.9 Å². The number of carbonyl (C=O) groups excluding carboxylic acids is 1. The van der Waals surface area contributed by atoms with Crippen LogP contribution in [0.3, 0.4) is 0 Å². The number of aromatic nitrogens is 3. The summed E-state index contributed by atoms with van der Waals surface area (Å²) in [5.41, 5.74) is 5.59. The van der Waals surface area contributed by atoms with Gasteiger partial charge in [-0.3, -0.25) is 14.5 Å². The van der Waals surface area contributed by atoms with Crippen LogP contribution in [-0.4, -0.2) is 27.3 Å². The summed E-state index contributed by atoms with van der Waals surface area (Å²) in [5.74, 6) is -0.186. The minimum atomic E-state index is -0.186. The average Bonchev–Trinajstić information content (AvgIpc) is 3.05. The number of hydrogen-bond donors (Lipinski definition) is 1. The zero-order valence-corrected chi connectivity index (χ0v) is 15.3. The molecule has 4 rings (SSSR count). The number of anilines is 1. The molecule has 0 saturated heterocycles. The van der Waals surface area contributed by atoms with E-state index in [0.717, 1.165) is 41.8 Å². The van der Waals surface area contributed by atoms with Gasteiger partial charge in [0.15, 0.2) is 5.69 Å². The van der Waals surface area contributed by atoms with Crippen LogP contribution in [0, 0.1) is 0 Å². The Morgan fingerprint density at radius 1 is 1.19 bits per heavy atom. The molecule has 6 nitrogen and oxygen atoms in total. The topological polar surface area (TPSA) is 69.0 Å². The van der Waals surface area contributed by atoms with Crippen LogP contribution < -0.4 is 5.32 Å². The first-order valence-corrected chi connectivity index (χ1v) is 9.13. The SMILES string of the molecule is Cn1nc(C(=O)Nc2ccccc2CCc2ccncc2)c2c1CCOC2. The van der Waals surface area contributed by atoms with Crippen molar-refractivity contribution in [2.75, 3.05) is 11.9 Å². The Hall–Kier alpha value is -2.99. The van der Waals surface area contributed by atoms with Gasteiger partial charge in [-0.2, -0.15) is 5.10 Å². The third kappa shape index (κ3) is 3.75. The predicted octanol–water partition coefficient (Wildman–Crippen LogP) is 2.93. The van der Waals surface area contributed by atoms with E-state index >= 15 is 0 Å². The summed E-state index contributed by atoms with van der Waals surface area (Å²) < 4.78 is 7.32. The van der Waals surface area contributed by atoms with Crippen LogP contribution in [0.25, 0.3) is 0 Å². The Kier molecular flexibility index (Phi) is 4.98. The maximum absolute atomic E-state index is 12.9. The zero-order chi connectivity index (χ0) is 18.6. The number of pyridine rings is 1. The molecule has 1 amide bonds. The molecule has 3 heterocycles. The number of benzene rings is 1. The molecule has 27 heavy (non-hydrogen) atoms. The van der Waals surface area contributed by atoms with Crippen molar-refractivity contribution in [2.24, 2.45) is 7.05 Å². The van der Waals surface area contributed by atoms with E-state index in [2.05, 4.69) is 15.4 Å². The van der Waals surface area contributed by atoms with Gasteiger partial charge < -0.3 is 10.1 Å². The van der Waals surface area contributed by atoms with E-state index in [9.17, 15) is 4.79 Å². The molecule has 0 atom stereocenters. The fraction of sp³-hybridized carbons (Fsp3) is 0.286. The zero-order valence-electron chi connectivity index (χ0n) is 15.3. The molecule has 0 aliphatic carbocycles. The van der Waals surface area contributed by atoms with Gasteiger partial charge in [0.05, 0.1) is 13.2 Å². The number of hydrogen-bond acceptors (Lipinski definition) is 4.